The molecule has 3 rings (SSSR count). The zero-order chi connectivity index (χ0) is 20.8. The zero-order valence-corrected chi connectivity index (χ0v) is 17.3. The summed E-state index contributed by atoms with van der Waals surface area (Å²) < 4.78 is 5.89. The van der Waals surface area contributed by atoms with E-state index in [1.54, 1.807) is 0 Å². The van der Waals surface area contributed by atoms with Gasteiger partial charge in [0, 0.05) is 12.2 Å². The third-order valence-corrected chi connectivity index (χ3v) is 4.89. The summed E-state index contributed by atoms with van der Waals surface area (Å²) in [6, 6.07) is 15.3. The average molecular weight is 396 g/mol. The Morgan fingerprint density at radius 1 is 1.14 bits per heavy atom. The van der Waals surface area contributed by atoms with E-state index in [9.17, 15) is 9.59 Å². The Balaban J connectivity index is 1.75. The quantitative estimate of drug-likeness (QED) is 0.752. The second-order valence-corrected chi connectivity index (χ2v) is 7.54. The van der Waals surface area contributed by atoms with Crippen LogP contribution in [0.5, 0.6) is 5.75 Å². The van der Waals surface area contributed by atoms with E-state index in [-0.39, 0.29) is 18.4 Å². The van der Waals surface area contributed by atoms with Crippen molar-refractivity contribution in [1.82, 2.24) is 5.32 Å². The van der Waals surface area contributed by atoms with Gasteiger partial charge in [-0.3, -0.25) is 9.59 Å². The van der Waals surface area contributed by atoms with Gasteiger partial charge in [0.25, 0.3) is 5.91 Å². The van der Waals surface area contributed by atoms with Crippen LogP contribution in [0.4, 0.5) is 11.4 Å². The summed E-state index contributed by atoms with van der Waals surface area (Å²) in [7, 11) is 0. The Morgan fingerprint density at radius 3 is 2.62 bits per heavy atom. The Bertz CT molecular complexity index is 866. The Labute approximate surface area is 172 Å². The predicted molar refractivity (Wildman–Crippen MR) is 116 cm³/mol. The fourth-order valence-electron chi connectivity index (χ4n) is 3.43. The lowest BCUT2D eigenvalue weighted by molar-refractivity contribution is -0.128. The van der Waals surface area contributed by atoms with E-state index in [1.165, 1.54) is 0 Å². The number of nitrogens with zero attached hydrogens (tertiary/aromatic N) is 1. The molecule has 0 aromatic heterocycles. The summed E-state index contributed by atoms with van der Waals surface area (Å²) in [5, 5.41) is 5.90. The van der Waals surface area contributed by atoms with Crippen molar-refractivity contribution in [3.63, 3.8) is 0 Å². The number of ether oxygens (including phenoxy) is 1. The van der Waals surface area contributed by atoms with Crippen LogP contribution in [-0.2, 0) is 9.59 Å². The van der Waals surface area contributed by atoms with Crippen molar-refractivity contribution < 1.29 is 14.3 Å². The molecule has 1 heterocycles. The molecule has 6 heteroatoms. The average Bonchev–Trinajstić information content (AvgIpc) is 2.72. The predicted octanol–water partition coefficient (Wildman–Crippen LogP) is 3.54. The fraction of sp³-hybridized carbons (Fsp3) is 0.391. The molecule has 154 valence electrons. The number of carbonyl (C=O) groups is 2. The van der Waals surface area contributed by atoms with E-state index >= 15 is 0 Å². The lowest BCUT2D eigenvalue weighted by atomic mass is 10.0. The molecule has 2 aromatic rings. The number of rotatable bonds is 7. The maximum atomic E-state index is 12.8. The van der Waals surface area contributed by atoms with Crippen molar-refractivity contribution in [3.8, 4) is 5.75 Å². The summed E-state index contributed by atoms with van der Waals surface area (Å²) >= 11 is 0. The van der Waals surface area contributed by atoms with Gasteiger partial charge >= 0.3 is 0 Å². The van der Waals surface area contributed by atoms with Crippen LogP contribution < -0.4 is 20.3 Å². The summed E-state index contributed by atoms with van der Waals surface area (Å²) in [6.07, 6.45) is 0.211. The van der Waals surface area contributed by atoms with Gasteiger partial charge in [0.1, 0.15) is 5.75 Å². The normalized spacial score (nSPS) is 15.4. The SMILES string of the molecule is CCCNC(=O)[C@H]1CN(CC(=O)Nc2ccccc2C(C)C)c2ccccc2O1. The summed E-state index contributed by atoms with van der Waals surface area (Å²) in [4.78, 5) is 27.2. The first-order valence-corrected chi connectivity index (χ1v) is 10.2. The van der Waals surface area contributed by atoms with Crippen LogP contribution in [0.15, 0.2) is 48.5 Å². The molecule has 0 aliphatic carbocycles. The van der Waals surface area contributed by atoms with E-state index in [0.29, 0.717) is 24.8 Å². The molecule has 6 nitrogen and oxygen atoms in total. The van der Waals surface area contributed by atoms with Gasteiger partial charge in [-0.05, 0) is 36.1 Å². The van der Waals surface area contributed by atoms with Gasteiger partial charge in [-0.2, -0.15) is 0 Å². The highest BCUT2D eigenvalue weighted by Gasteiger charge is 2.31. The third-order valence-electron chi connectivity index (χ3n) is 4.89. The molecule has 1 aliphatic rings. The number of nitrogens with one attached hydrogen (secondary N) is 2. The smallest absolute Gasteiger partial charge is 0.262 e. The second-order valence-electron chi connectivity index (χ2n) is 7.54. The minimum atomic E-state index is -0.646. The number of amides is 2. The number of benzene rings is 2. The topological polar surface area (TPSA) is 70.7 Å². The molecule has 0 radical (unpaired) electrons. The van der Waals surface area contributed by atoms with Gasteiger partial charge in [-0.25, -0.2) is 0 Å². The molecule has 29 heavy (non-hydrogen) atoms. The zero-order valence-electron chi connectivity index (χ0n) is 17.3. The van der Waals surface area contributed by atoms with Crippen LogP contribution in [-0.4, -0.2) is 37.6 Å². The first-order valence-electron chi connectivity index (χ1n) is 10.2. The third kappa shape index (κ3) is 5.08. The molecule has 0 bridgehead atoms. The van der Waals surface area contributed by atoms with Gasteiger partial charge in [0.2, 0.25) is 5.91 Å². The van der Waals surface area contributed by atoms with Crippen molar-refractivity contribution in [2.45, 2.75) is 39.2 Å². The number of hydrogen-bond acceptors (Lipinski definition) is 4. The molecule has 1 aliphatic heterocycles. The molecular weight excluding hydrogens is 366 g/mol. The van der Waals surface area contributed by atoms with Crippen LogP contribution in [0.1, 0.15) is 38.7 Å². The summed E-state index contributed by atoms with van der Waals surface area (Å²) in [5.74, 6) is 0.646. The Kier molecular flexibility index (Phi) is 6.75. The van der Waals surface area contributed by atoms with Gasteiger partial charge in [-0.15, -0.1) is 0 Å². The van der Waals surface area contributed by atoms with Crippen molar-refractivity contribution in [3.05, 3.63) is 54.1 Å². The maximum absolute atomic E-state index is 12.8. The molecule has 1 atom stereocenters. The summed E-state index contributed by atoms with van der Waals surface area (Å²) in [6.45, 7) is 7.28. The molecule has 2 aromatic carbocycles. The van der Waals surface area contributed by atoms with Crippen LogP contribution in [0.3, 0.4) is 0 Å². The monoisotopic (exact) mass is 395 g/mol. The highest BCUT2D eigenvalue weighted by molar-refractivity contribution is 5.95. The van der Waals surface area contributed by atoms with Gasteiger partial charge in [-0.1, -0.05) is 51.1 Å². The van der Waals surface area contributed by atoms with E-state index in [2.05, 4.69) is 24.5 Å². The lowest BCUT2D eigenvalue weighted by Gasteiger charge is -2.35. The maximum Gasteiger partial charge on any atom is 0.262 e. The van der Waals surface area contributed by atoms with Crippen LogP contribution in [0.2, 0.25) is 0 Å². The van der Waals surface area contributed by atoms with Crippen LogP contribution in [0, 0.1) is 0 Å². The molecule has 0 saturated carbocycles. The largest absolute Gasteiger partial charge is 0.477 e. The molecule has 0 unspecified atom stereocenters. The number of hydrogen-bond donors (Lipinski definition) is 2. The first-order chi connectivity index (χ1) is 14.0. The van der Waals surface area contributed by atoms with Crippen molar-refractivity contribution in [2.24, 2.45) is 0 Å². The van der Waals surface area contributed by atoms with Crippen LogP contribution in [0.25, 0.3) is 0 Å². The van der Waals surface area contributed by atoms with Gasteiger partial charge < -0.3 is 20.3 Å². The second kappa shape index (κ2) is 9.45. The molecular formula is C23H29N3O3. The van der Waals surface area contributed by atoms with E-state index in [1.807, 2.05) is 60.4 Å². The van der Waals surface area contributed by atoms with Crippen molar-refractivity contribution in [2.75, 3.05) is 29.9 Å². The van der Waals surface area contributed by atoms with Gasteiger partial charge in [0.15, 0.2) is 6.10 Å². The highest BCUT2D eigenvalue weighted by Crippen LogP contribution is 2.33. The van der Waals surface area contributed by atoms with Crippen molar-refractivity contribution in [1.29, 1.82) is 0 Å². The molecule has 0 spiro atoms. The van der Waals surface area contributed by atoms with Gasteiger partial charge in [0.05, 0.1) is 18.8 Å². The van der Waals surface area contributed by atoms with E-state index in [0.717, 1.165) is 23.4 Å². The van der Waals surface area contributed by atoms with E-state index in [4.69, 9.17) is 4.74 Å². The number of fused-ring (bicyclic) bond motifs is 1. The first kappa shape index (κ1) is 20.7. The minimum absolute atomic E-state index is 0.123. The number of para-hydroxylation sites is 3. The Morgan fingerprint density at radius 2 is 1.86 bits per heavy atom. The number of anilines is 2. The molecule has 0 fully saturated rings. The lowest BCUT2D eigenvalue weighted by Crippen LogP contribution is -2.50. The summed E-state index contributed by atoms with van der Waals surface area (Å²) in [5.41, 5.74) is 2.74. The standard InChI is InChI=1S/C23H29N3O3/c1-4-13-24-23(28)21-14-26(19-11-7-8-12-20(19)29-21)15-22(27)25-18-10-6-5-9-17(18)16(2)3/h5-12,16,21H,4,13-15H2,1-3H3,(H,24,28)(H,25,27)/t21-/m1/s1. The minimum Gasteiger partial charge on any atom is -0.477 e. The van der Waals surface area contributed by atoms with E-state index < -0.39 is 6.10 Å². The molecule has 2 amide bonds. The highest BCUT2D eigenvalue weighted by atomic mass is 16.5. The molecule has 2 N–H and O–H groups in total. The Hall–Kier alpha value is -3.02. The van der Waals surface area contributed by atoms with Crippen molar-refractivity contribution >= 4 is 23.2 Å². The van der Waals surface area contributed by atoms with Crippen LogP contribution >= 0.6 is 0 Å². The number of carbonyl (C=O) groups excluding carboxylic acids is 2. The fourth-order valence-corrected chi connectivity index (χ4v) is 3.43. The molecule has 0 saturated heterocycles.